The van der Waals surface area contributed by atoms with Gasteiger partial charge < -0.3 is 0 Å². The first-order chi connectivity index (χ1) is 6.72. The number of hydrogen-bond acceptors (Lipinski definition) is 3. The number of rotatable bonds is 2. The molecule has 0 aliphatic carbocycles. The second-order valence-electron chi connectivity index (χ2n) is 2.44. The van der Waals surface area contributed by atoms with Crippen LogP contribution >= 0.6 is 35.6 Å². The van der Waals surface area contributed by atoms with Crippen molar-refractivity contribution >= 4 is 39.9 Å². The third kappa shape index (κ3) is 3.97. The molecule has 5 heteroatoms. The lowest BCUT2D eigenvalue weighted by atomic mass is 10.2. The largest absolute Gasteiger partial charge is 0.278 e. The lowest BCUT2D eigenvalue weighted by Crippen LogP contribution is -2.10. The minimum atomic E-state index is 0.488. The molecule has 0 aliphatic rings. The zero-order chi connectivity index (χ0) is 10.4. The van der Waals surface area contributed by atoms with Crippen LogP contribution in [0.3, 0.4) is 0 Å². The van der Waals surface area contributed by atoms with E-state index in [0.717, 1.165) is 16.3 Å². The summed E-state index contributed by atoms with van der Waals surface area (Å²) in [7, 11) is 0. The summed E-state index contributed by atoms with van der Waals surface area (Å²) in [5.74, 6) is 0.741. The van der Waals surface area contributed by atoms with Gasteiger partial charge in [-0.25, -0.2) is 0 Å². The maximum atomic E-state index is 8.29. The van der Waals surface area contributed by atoms with E-state index in [-0.39, 0.29) is 0 Å². The summed E-state index contributed by atoms with van der Waals surface area (Å²) in [6.45, 7) is 0. The number of nitrogens with one attached hydrogen (secondary N) is 1. The predicted molar refractivity (Wildman–Crippen MR) is 64.1 cm³/mol. The Kier molecular flexibility index (Phi) is 4.74. The van der Waals surface area contributed by atoms with E-state index in [0.29, 0.717) is 4.32 Å². The van der Waals surface area contributed by atoms with Gasteiger partial charge in [-0.05, 0) is 17.7 Å². The van der Waals surface area contributed by atoms with Crippen LogP contribution < -0.4 is 5.32 Å². The third-order valence-electron chi connectivity index (χ3n) is 1.44. The lowest BCUT2D eigenvalue weighted by Gasteiger charge is -2.01. The molecule has 0 atom stereocenters. The van der Waals surface area contributed by atoms with Gasteiger partial charge in [0.25, 0.3) is 0 Å². The Balaban J connectivity index is 2.43. The summed E-state index contributed by atoms with van der Waals surface area (Å²) in [5, 5.41) is 11.4. The van der Waals surface area contributed by atoms with Gasteiger partial charge in [-0.2, -0.15) is 5.26 Å². The minimum Gasteiger partial charge on any atom is -0.278 e. The van der Waals surface area contributed by atoms with Crippen LogP contribution in [-0.2, 0) is 5.75 Å². The number of halogens is 1. The van der Waals surface area contributed by atoms with Crippen molar-refractivity contribution in [2.45, 2.75) is 5.75 Å². The van der Waals surface area contributed by atoms with Gasteiger partial charge >= 0.3 is 0 Å². The van der Waals surface area contributed by atoms with Gasteiger partial charge in [-0.15, -0.1) is 0 Å². The van der Waals surface area contributed by atoms with Crippen molar-refractivity contribution in [1.29, 1.82) is 5.26 Å². The van der Waals surface area contributed by atoms with Crippen LogP contribution in [0.2, 0.25) is 5.02 Å². The molecule has 1 aromatic rings. The van der Waals surface area contributed by atoms with Gasteiger partial charge in [-0.1, -0.05) is 47.7 Å². The Bertz CT molecular complexity index is 356. The molecule has 1 rings (SSSR count). The number of benzene rings is 1. The maximum absolute atomic E-state index is 8.29. The minimum absolute atomic E-state index is 0.488. The molecule has 0 fully saturated rings. The topological polar surface area (TPSA) is 35.8 Å². The molecule has 0 saturated carbocycles. The van der Waals surface area contributed by atoms with Crippen molar-refractivity contribution in [2.24, 2.45) is 0 Å². The third-order valence-corrected chi connectivity index (χ3v) is 2.99. The Morgan fingerprint density at radius 1 is 1.50 bits per heavy atom. The number of thioether (sulfide) groups is 1. The second kappa shape index (κ2) is 5.86. The Morgan fingerprint density at radius 3 is 2.71 bits per heavy atom. The molecule has 0 radical (unpaired) electrons. The van der Waals surface area contributed by atoms with Crippen molar-refractivity contribution in [3.63, 3.8) is 0 Å². The van der Waals surface area contributed by atoms with Crippen LogP contribution in [0.15, 0.2) is 24.3 Å². The number of thiocarbonyl (C=S) groups is 1. The molecule has 0 unspecified atom stereocenters. The van der Waals surface area contributed by atoms with E-state index in [9.17, 15) is 0 Å². The average molecular weight is 243 g/mol. The van der Waals surface area contributed by atoms with Gasteiger partial charge in [0.1, 0.15) is 4.32 Å². The molecule has 14 heavy (non-hydrogen) atoms. The monoisotopic (exact) mass is 242 g/mol. The van der Waals surface area contributed by atoms with E-state index in [4.69, 9.17) is 29.1 Å². The Labute approximate surface area is 97.3 Å². The molecule has 0 heterocycles. The summed E-state index contributed by atoms with van der Waals surface area (Å²) in [4.78, 5) is 0. The van der Waals surface area contributed by atoms with E-state index >= 15 is 0 Å². The zero-order valence-corrected chi connectivity index (χ0v) is 9.55. The van der Waals surface area contributed by atoms with E-state index < -0.39 is 0 Å². The Morgan fingerprint density at radius 2 is 2.14 bits per heavy atom. The number of nitriles is 1. The maximum Gasteiger partial charge on any atom is 0.182 e. The van der Waals surface area contributed by atoms with Gasteiger partial charge in [0.05, 0.1) is 0 Å². The van der Waals surface area contributed by atoms with Crippen LogP contribution in [0, 0.1) is 11.5 Å². The lowest BCUT2D eigenvalue weighted by molar-refractivity contribution is 1.31. The molecule has 1 aromatic carbocycles. The predicted octanol–water partition coefficient (Wildman–Crippen LogP) is 2.93. The molecule has 0 saturated heterocycles. The SMILES string of the molecule is N#CNC(=S)SCc1ccc(Cl)cc1. The van der Waals surface area contributed by atoms with Crippen LogP contribution in [0.4, 0.5) is 0 Å². The molecule has 0 amide bonds. The summed E-state index contributed by atoms with van der Waals surface area (Å²) in [6, 6.07) is 7.53. The van der Waals surface area contributed by atoms with Crippen LogP contribution in [0.5, 0.6) is 0 Å². The smallest absolute Gasteiger partial charge is 0.182 e. The highest BCUT2D eigenvalue weighted by atomic mass is 35.5. The quantitative estimate of drug-likeness (QED) is 0.492. The molecule has 72 valence electrons. The van der Waals surface area contributed by atoms with Crippen LogP contribution in [0.1, 0.15) is 5.56 Å². The highest BCUT2D eigenvalue weighted by Crippen LogP contribution is 2.15. The second-order valence-corrected chi connectivity index (χ2v) is 4.53. The molecule has 0 aliphatic heterocycles. The van der Waals surface area contributed by atoms with Gasteiger partial charge in [0.15, 0.2) is 6.19 Å². The standard InChI is InChI=1S/C9H7ClN2S2/c10-8-3-1-7(2-4-8)5-14-9(13)12-6-11/h1-4H,5H2,(H,12,13). The zero-order valence-electron chi connectivity index (χ0n) is 7.16. The fraction of sp³-hybridized carbons (Fsp3) is 0.111. The first kappa shape index (κ1) is 11.3. The first-order valence-corrected chi connectivity index (χ1v) is 5.56. The summed E-state index contributed by atoms with van der Waals surface area (Å²) in [5.41, 5.74) is 1.13. The summed E-state index contributed by atoms with van der Waals surface area (Å²) >= 11 is 12.0. The highest BCUT2D eigenvalue weighted by Gasteiger charge is 1.97. The van der Waals surface area contributed by atoms with E-state index in [1.54, 1.807) is 6.19 Å². The van der Waals surface area contributed by atoms with Crippen molar-refractivity contribution in [2.75, 3.05) is 0 Å². The molecule has 1 N–H and O–H groups in total. The molecule has 2 nitrogen and oxygen atoms in total. The van der Waals surface area contributed by atoms with E-state index in [1.807, 2.05) is 24.3 Å². The van der Waals surface area contributed by atoms with Gasteiger partial charge in [0, 0.05) is 10.8 Å². The molecule has 0 aromatic heterocycles. The van der Waals surface area contributed by atoms with Crippen molar-refractivity contribution < 1.29 is 0 Å². The number of hydrogen-bond donors (Lipinski definition) is 1. The van der Waals surface area contributed by atoms with Crippen LogP contribution in [-0.4, -0.2) is 4.32 Å². The summed E-state index contributed by atoms with van der Waals surface area (Å²) in [6.07, 6.45) is 1.78. The Hall–Kier alpha value is -0.760. The van der Waals surface area contributed by atoms with Gasteiger partial charge in [0.2, 0.25) is 0 Å². The van der Waals surface area contributed by atoms with Crippen molar-refractivity contribution in [1.82, 2.24) is 5.32 Å². The van der Waals surface area contributed by atoms with Crippen LogP contribution in [0.25, 0.3) is 0 Å². The van der Waals surface area contributed by atoms with E-state index in [2.05, 4.69) is 5.32 Å². The normalized spacial score (nSPS) is 9.14. The van der Waals surface area contributed by atoms with Crippen molar-refractivity contribution in [3.05, 3.63) is 34.9 Å². The van der Waals surface area contributed by atoms with Crippen molar-refractivity contribution in [3.8, 4) is 6.19 Å². The average Bonchev–Trinajstić information content (AvgIpc) is 2.17. The fourth-order valence-electron chi connectivity index (χ4n) is 0.811. The molecular formula is C9H7ClN2S2. The molecule has 0 spiro atoms. The fourth-order valence-corrected chi connectivity index (χ4v) is 1.77. The van der Waals surface area contributed by atoms with E-state index in [1.165, 1.54) is 11.8 Å². The highest BCUT2D eigenvalue weighted by molar-refractivity contribution is 8.22. The molecule has 0 bridgehead atoms. The van der Waals surface area contributed by atoms with Gasteiger partial charge in [-0.3, -0.25) is 5.32 Å². The first-order valence-electron chi connectivity index (χ1n) is 3.78. The molecular weight excluding hydrogens is 236 g/mol. The summed E-state index contributed by atoms with van der Waals surface area (Å²) < 4.78 is 0.488. The number of nitrogens with zero attached hydrogens (tertiary/aromatic N) is 1.